The van der Waals surface area contributed by atoms with Crippen molar-refractivity contribution in [2.75, 3.05) is 31.6 Å². The number of benzene rings is 2. The molecule has 0 unspecified atom stereocenters. The molecule has 6 nitrogen and oxygen atoms in total. The summed E-state index contributed by atoms with van der Waals surface area (Å²) in [5.41, 5.74) is 4.37. The largest absolute Gasteiger partial charge is 0.379 e. The molecule has 1 N–H and O–H groups in total. The van der Waals surface area contributed by atoms with Crippen LogP contribution < -0.4 is 5.32 Å². The van der Waals surface area contributed by atoms with E-state index < -0.39 is 0 Å². The van der Waals surface area contributed by atoms with Gasteiger partial charge >= 0.3 is 0 Å². The van der Waals surface area contributed by atoms with Crippen LogP contribution in [0, 0.1) is 5.82 Å². The van der Waals surface area contributed by atoms with Gasteiger partial charge in [0.05, 0.1) is 25.1 Å². The molecule has 1 saturated heterocycles. The van der Waals surface area contributed by atoms with Gasteiger partial charge in [0.25, 0.3) is 0 Å². The number of rotatable bonds is 6. The van der Waals surface area contributed by atoms with Crippen molar-refractivity contribution in [2.24, 2.45) is 7.05 Å². The molecule has 7 heteroatoms. The van der Waals surface area contributed by atoms with E-state index >= 15 is 0 Å². The first-order valence-electron chi connectivity index (χ1n) is 10.2. The van der Waals surface area contributed by atoms with Crippen molar-refractivity contribution in [1.82, 2.24) is 14.7 Å². The van der Waals surface area contributed by atoms with Crippen LogP contribution in [0.2, 0.25) is 0 Å². The van der Waals surface area contributed by atoms with E-state index in [0.717, 1.165) is 55.4 Å². The Balaban J connectivity index is 1.38. The second-order valence-corrected chi connectivity index (χ2v) is 7.49. The number of carbonyl (C=O) groups is 1. The number of halogens is 1. The highest BCUT2D eigenvalue weighted by Gasteiger charge is 2.11. The Bertz CT molecular complexity index is 1050. The molecule has 0 radical (unpaired) electrons. The second kappa shape index (κ2) is 9.68. The average molecular weight is 420 g/mol. The minimum absolute atomic E-state index is 0.227. The molecule has 4 rings (SSSR count). The van der Waals surface area contributed by atoms with Crippen molar-refractivity contribution in [3.8, 4) is 11.3 Å². The van der Waals surface area contributed by atoms with E-state index in [4.69, 9.17) is 4.74 Å². The quantitative estimate of drug-likeness (QED) is 0.618. The van der Waals surface area contributed by atoms with Gasteiger partial charge in [-0.25, -0.2) is 4.39 Å². The van der Waals surface area contributed by atoms with Crippen molar-refractivity contribution in [3.63, 3.8) is 0 Å². The van der Waals surface area contributed by atoms with Crippen molar-refractivity contribution in [1.29, 1.82) is 0 Å². The van der Waals surface area contributed by atoms with Crippen molar-refractivity contribution in [2.45, 2.75) is 6.54 Å². The van der Waals surface area contributed by atoms with Crippen molar-refractivity contribution in [3.05, 3.63) is 77.7 Å². The number of nitrogens with zero attached hydrogens (tertiary/aromatic N) is 3. The summed E-state index contributed by atoms with van der Waals surface area (Å²) in [5.74, 6) is -0.520. The smallest absolute Gasteiger partial charge is 0.248 e. The van der Waals surface area contributed by atoms with Crippen LogP contribution in [0.1, 0.15) is 11.1 Å². The third-order valence-corrected chi connectivity index (χ3v) is 5.23. The third-order valence-electron chi connectivity index (χ3n) is 5.23. The molecule has 0 bridgehead atoms. The molecule has 0 atom stereocenters. The zero-order valence-corrected chi connectivity index (χ0v) is 17.4. The molecule has 1 aliphatic rings. The Morgan fingerprint density at radius 2 is 1.84 bits per heavy atom. The second-order valence-electron chi connectivity index (χ2n) is 7.49. The van der Waals surface area contributed by atoms with E-state index in [1.165, 1.54) is 23.8 Å². The number of ether oxygens (including phenoxy) is 1. The van der Waals surface area contributed by atoms with E-state index in [0.29, 0.717) is 0 Å². The molecule has 0 saturated carbocycles. The number of morpholine rings is 1. The van der Waals surface area contributed by atoms with Gasteiger partial charge < -0.3 is 10.1 Å². The van der Waals surface area contributed by atoms with Gasteiger partial charge in [0.1, 0.15) is 5.82 Å². The van der Waals surface area contributed by atoms with Crippen LogP contribution in [0.15, 0.2) is 60.8 Å². The molecular weight excluding hydrogens is 395 g/mol. The van der Waals surface area contributed by atoms with Crippen LogP contribution in [0.4, 0.5) is 10.1 Å². The fourth-order valence-corrected chi connectivity index (χ4v) is 3.60. The van der Waals surface area contributed by atoms with E-state index in [2.05, 4.69) is 15.3 Å². The first-order chi connectivity index (χ1) is 15.1. The summed E-state index contributed by atoms with van der Waals surface area (Å²) in [4.78, 5) is 14.7. The monoisotopic (exact) mass is 420 g/mol. The number of hydrogen-bond donors (Lipinski definition) is 1. The lowest BCUT2D eigenvalue weighted by Gasteiger charge is -2.26. The lowest BCUT2D eigenvalue weighted by atomic mass is 10.1. The number of hydrogen-bond acceptors (Lipinski definition) is 4. The number of aromatic nitrogens is 2. The van der Waals surface area contributed by atoms with E-state index in [-0.39, 0.29) is 11.7 Å². The number of anilines is 1. The molecule has 2 aromatic carbocycles. The summed E-state index contributed by atoms with van der Waals surface area (Å²) in [6, 6.07) is 14.1. The maximum absolute atomic E-state index is 13.2. The first-order valence-corrected chi connectivity index (χ1v) is 10.2. The fourth-order valence-electron chi connectivity index (χ4n) is 3.60. The van der Waals surface area contributed by atoms with Gasteiger partial charge in [-0.3, -0.25) is 14.4 Å². The van der Waals surface area contributed by atoms with Gasteiger partial charge in [0.15, 0.2) is 0 Å². The fraction of sp³-hybridized carbons (Fsp3) is 0.250. The standard InChI is InChI=1S/C24H25FN4O2/c1-28-24(19-4-7-21(25)8-5-19)20(16-26-28)6-11-23(30)27-22-9-2-18(3-10-22)17-29-12-14-31-15-13-29/h2-11,16H,12-15,17H2,1H3,(H,27,30). The van der Waals surface area contributed by atoms with Gasteiger partial charge in [-0.15, -0.1) is 0 Å². The van der Waals surface area contributed by atoms with Crippen LogP contribution in [-0.4, -0.2) is 46.9 Å². The highest BCUT2D eigenvalue weighted by atomic mass is 19.1. The Labute approximate surface area is 180 Å². The van der Waals surface area contributed by atoms with Crippen LogP contribution >= 0.6 is 0 Å². The molecule has 2 heterocycles. The van der Waals surface area contributed by atoms with Gasteiger partial charge in [0.2, 0.25) is 5.91 Å². The van der Waals surface area contributed by atoms with E-state index in [9.17, 15) is 9.18 Å². The molecule has 0 aliphatic carbocycles. The maximum atomic E-state index is 13.2. The number of amides is 1. The predicted octanol–water partition coefficient (Wildman–Crippen LogP) is 3.71. The predicted molar refractivity (Wildman–Crippen MR) is 119 cm³/mol. The normalized spacial score (nSPS) is 14.8. The van der Waals surface area contributed by atoms with Gasteiger partial charge in [0, 0.05) is 49.6 Å². The summed E-state index contributed by atoms with van der Waals surface area (Å²) in [6.07, 6.45) is 4.88. The molecule has 1 aromatic heterocycles. The molecule has 1 fully saturated rings. The minimum Gasteiger partial charge on any atom is -0.379 e. The molecular formula is C24H25FN4O2. The van der Waals surface area contributed by atoms with E-state index in [1.807, 2.05) is 31.3 Å². The summed E-state index contributed by atoms with van der Waals surface area (Å²) < 4.78 is 20.3. The molecule has 1 aliphatic heterocycles. The SMILES string of the molecule is Cn1ncc(C=CC(=O)Nc2ccc(CN3CCOCC3)cc2)c1-c1ccc(F)cc1. The van der Waals surface area contributed by atoms with Crippen LogP contribution in [-0.2, 0) is 23.1 Å². The number of nitrogens with one attached hydrogen (secondary N) is 1. The molecule has 0 spiro atoms. The summed E-state index contributed by atoms with van der Waals surface area (Å²) in [6.45, 7) is 4.32. The lowest BCUT2D eigenvalue weighted by Crippen LogP contribution is -2.35. The highest BCUT2D eigenvalue weighted by Crippen LogP contribution is 2.24. The zero-order valence-electron chi connectivity index (χ0n) is 17.4. The van der Waals surface area contributed by atoms with Gasteiger partial charge in [-0.05, 0) is 48.0 Å². The van der Waals surface area contributed by atoms with Crippen molar-refractivity contribution >= 4 is 17.7 Å². The molecule has 1 amide bonds. The number of aryl methyl sites for hydroxylation is 1. The zero-order chi connectivity index (χ0) is 21.6. The van der Waals surface area contributed by atoms with E-state index in [1.54, 1.807) is 29.1 Å². The van der Waals surface area contributed by atoms with Crippen LogP contribution in [0.3, 0.4) is 0 Å². The third kappa shape index (κ3) is 5.45. The summed E-state index contributed by atoms with van der Waals surface area (Å²) in [5, 5.41) is 7.14. The van der Waals surface area contributed by atoms with Gasteiger partial charge in [-0.2, -0.15) is 5.10 Å². The van der Waals surface area contributed by atoms with Gasteiger partial charge in [-0.1, -0.05) is 12.1 Å². The highest BCUT2D eigenvalue weighted by molar-refractivity contribution is 6.02. The topological polar surface area (TPSA) is 59.4 Å². The minimum atomic E-state index is -0.293. The average Bonchev–Trinajstić information content (AvgIpc) is 3.15. The summed E-state index contributed by atoms with van der Waals surface area (Å²) >= 11 is 0. The van der Waals surface area contributed by atoms with Crippen LogP contribution in [0.25, 0.3) is 17.3 Å². The lowest BCUT2D eigenvalue weighted by molar-refractivity contribution is -0.111. The first kappa shape index (κ1) is 21.0. The molecule has 3 aromatic rings. The maximum Gasteiger partial charge on any atom is 0.248 e. The molecule has 31 heavy (non-hydrogen) atoms. The Kier molecular flexibility index (Phi) is 6.54. The Morgan fingerprint density at radius 3 is 2.55 bits per heavy atom. The Morgan fingerprint density at radius 1 is 1.13 bits per heavy atom. The van der Waals surface area contributed by atoms with Crippen molar-refractivity contribution < 1.29 is 13.9 Å². The molecule has 160 valence electrons. The van der Waals surface area contributed by atoms with Crippen LogP contribution in [0.5, 0.6) is 0 Å². The number of carbonyl (C=O) groups excluding carboxylic acids is 1. The summed E-state index contributed by atoms with van der Waals surface area (Å²) in [7, 11) is 1.81. The Hall–Kier alpha value is -3.29.